The maximum absolute atomic E-state index is 11.9. The first-order chi connectivity index (χ1) is 11.4. The van der Waals surface area contributed by atoms with Crippen LogP contribution in [0, 0.1) is 0 Å². The van der Waals surface area contributed by atoms with E-state index >= 15 is 0 Å². The van der Waals surface area contributed by atoms with Crippen LogP contribution in [0.4, 0.5) is 10.6 Å². The van der Waals surface area contributed by atoms with Crippen molar-refractivity contribution in [2.24, 2.45) is 0 Å². The minimum Gasteiger partial charge on any atom is -0.444 e. The maximum Gasteiger partial charge on any atom is 0.413 e. The number of imidazole rings is 1. The summed E-state index contributed by atoms with van der Waals surface area (Å²) in [6, 6.07) is 0. The molecule has 1 aliphatic rings. The molecule has 1 amide bonds. The summed E-state index contributed by atoms with van der Waals surface area (Å²) < 4.78 is 12.8. The summed E-state index contributed by atoms with van der Waals surface area (Å²) in [4.78, 5) is 24.6. The van der Waals surface area contributed by atoms with E-state index in [1.165, 1.54) is 6.33 Å². The average molecular weight is 349 g/mol. The highest BCUT2D eigenvalue weighted by atomic mass is 32.1. The molecule has 1 aliphatic heterocycles. The minimum atomic E-state index is -0.597. The second-order valence-electron chi connectivity index (χ2n) is 6.31. The van der Waals surface area contributed by atoms with Crippen molar-refractivity contribution in [3.63, 3.8) is 0 Å². The Labute approximate surface area is 144 Å². The van der Waals surface area contributed by atoms with E-state index < -0.39 is 11.7 Å². The number of hydrogen-bond acceptors (Lipinski definition) is 7. The Bertz CT molecular complexity index is 783. The lowest BCUT2D eigenvalue weighted by Crippen LogP contribution is -2.27. The third kappa shape index (κ3) is 3.51. The minimum absolute atomic E-state index is 0.0445. The number of thiol groups is 1. The summed E-state index contributed by atoms with van der Waals surface area (Å²) >= 11 is 4.23. The van der Waals surface area contributed by atoms with Crippen LogP contribution in [0.25, 0.3) is 11.2 Å². The molecule has 0 radical (unpaired) electrons. The summed E-state index contributed by atoms with van der Waals surface area (Å²) in [5.74, 6) is 0.890. The van der Waals surface area contributed by atoms with Crippen LogP contribution in [0.3, 0.4) is 0 Å². The zero-order valence-electron chi connectivity index (χ0n) is 13.6. The average Bonchev–Trinajstić information content (AvgIpc) is 3.11. The second-order valence-corrected chi connectivity index (χ2v) is 6.67. The van der Waals surface area contributed by atoms with Crippen LogP contribution >= 0.6 is 12.6 Å². The number of carbonyl (C=O) groups is 1. The summed E-state index contributed by atoms with van der Waals surface area (Å²) in [5, 5.41) is 2.61. The fraction of sp³-hybridized carbons (Fsp3) is 0.467. The molecule has 0 saturated carbocycles. The molecule has 2 aromatic heterocycles. The third-order valence-corrected chi connectivity index (χ3v) is 3.60. The molecule has 0 spiro atoms. The van der Waals surface area contributed by atoms with Crippen molar-refractivity contribution in [2.75, 3.05) is 11.1 Å². The molecule has 0 aromatic carbocycles. The second kappa shape index (κ2) is 6.40. The van der Waals surface area contributed by atoms with Gasteiger partial charge in [0.2, 0.25) is 0 Å². The van der Waals surface area contributed by atoms with Crippen LogP contribution in [0.15, 0.2) is 24.8 Å². The van der Waals surface area contributed by atoms with E-state index in [-0.39, 0.29) is 12.3 Å². The normalized spacial score (nSPS) is 20.5. The number of ether oxygens (including phenoxy) is 2. The van der Waals surface area contributed by atoms with E-state index in [9.17, 15) is 4.79 Å². The zero-order valence-corrected chi connectivity index (χ0v) is 14.5. The summed E-state index contributed by atoms with van der Waals surface area (Å²) in [5.41, 5.74) is 0.431. The van der Waals surface area contributed by atoms with Gasteiger partial charge in [-0.1, -0.05) is 6.08 Å². The Morgan fingerprint density at radius 2 is 2.17 bits per heavy atom. The molecule has 0 saturated heterocycles. The van der Waals surface area contributed by atoms with Crippen molar-refractivity contribution < 1.29 is 14.3 Å². The van der Waals surface area contributed by atoms with Gasteiger partial charge in [0.15, 0.2) is 23.2 Å². The van der Waals surface area contributed by atoms with E-state index in [1.807, 2.05) is 12.2 Å². The Balaban J connectivity index is 1.85. The monoisotopic (exact) mass is 349 g/mol. The van der Waals surface area contributed by atoms with Crippen LogP contribution in [0.5, 0.6) is 0 Å². The van der Waals surface area contributed by atoms with Crippen LogP contribution in [-0.2, 0) is 9.47 Å². The molecule has 128 valence electrons. The molecule has 8 nitrogen and oxygen atoms in total. The number of anilines is 1. The number of rotatable bonds is 3. The van der Waals surface area contributed by atoms with E-state index in [0.717, 1.165) is 0 Å². The van der Waals surface area contributed by atoms with Gasteiger partial charge in [-0.15, -0.1) is 0 Å². The van der Waals surface area contributed by atoms with E-state index in [2.05, 4.69) is 32.9 Å². The lowest BCUT2D eigenvalue weighted by molar-refractivity contribution is 0.0321. The molecule has 1 N–H and O–H groups in total. The Morgan fingerprint density at radius 3 is 2.83 bits per heavy atom. The van der Waals surface area contributed by atoms with Crippen molar-refractivity contribution in [1.29, 1.82) is 0 Å². The van der Waals surface area contributed by atoms with Gasteiger partial charge >= 0.3 is 6.09 Å². The standard InChI is InChI=1S/C15H19N5O3S/c1-15(2,3)23-14(21)19-12-11-13(17-7-16-12)20(8-18-11)10-5-4-9(6-24)22-10/h4-5,7-10,24H,6H2,1-3H3,(H,16,17,19,21)/t9-,10?/m0/s1. The van der Waals surface area contributed by atoms with Crippen LogP contribution in [-0.4, -0.2) is 43.1 Å². The predicted molar refractivity (Wildman–Crippen MR) is 92.1 cm³/mol. The highest BCUT2D eigenvalue weighted by Crippen LogP contribution is 2.27. The highest BCUT2D eigenvalue weighted by molar-refractivity contribution is 7.80. The first-order valence-electron chi connectivity index (χ1n) is 7.49. The van der Waals surface area contributed by atoms with E-state index in [0.29, 0.717) is 22.7 Å². The molecule has 9 heteroatoms. The van der Waals surface area contributed by atoms with Crippen molar-refractivity contribution in [3.05, 3.63) is 24.8 Å². The molecular weight excluding hydrogens is 330 g/mol. The molecule has 2 aromatic rings. The predicted octanol–water partition coefficient (Wildman–Crippen LogP) is 2.56. The van der Waals surface area contributed by atoms with E-state index in [1.54, 1.807) is 31.7 Å². The third-order valence-electron chi connectivity index (χ3n) is 3.24. The molecule has 0 fully saturated rings. The number of nitrogens with one attached hydrogen (secondary N) is 1. The van der Waals surface area contributed by atoms with Crippen LogP contribution < -0.4 is 5.32 Å². The Morgan fingerprint density at radius 1 is 1.38 bits per heavy atom. The molecule has 0 aliphatic carbocycles. The first kappa shape index (κ1) is 16.7. The van der Waals surface area contributed by atoms with Crippen molar-refractivity contribution >= 4 is 35.7 Å². The molecule has 24 heavy (non-hydrogen) atoms. The van der Waals surface area contributed by atoms with Crippen molar-refractivity contribution in [2.45, 2.75) is 38.7 Å². The van der Waals surface area contributed by atoms with Gasteiger partial charge < -0.3 is 9.47 Å². The van der Waals surface area contributed by atoms with Crippen molar-refractivity contribution in [3.8, 4) is 0 Å². The quantitative estimate of drug-likeness (QED) is 0.654. The zero-order chi connectivity index (χ0) is 17.3. The fourth-order valence-electron chi connectivity index (χ4n) is 2.28. The largest absolute Gasteiger partial charge is 0.444 e. The van der Waals surface area contributed by atoms with Gasteiger partial charge in [0.25, 0.3) is 0 Å². The summed E-state index contributed by atoms with van der Waals surface area (Å²) in [7, 11) is 0. The first-order valence-corrected chi connectivity index (χ1v) is 8.13. The number of amides is 1. The SMILES string of the molecule is CC(C)(C)OC(=O)Nc1ncnc2c1ncn2C1C=C[C@@H](CS)O1. The smallest absolute Gasteiger partial charge is 0.413 e. The summed E-state index contributed by atoms with van der Waals surface area (Å²) in [6.45, 7) is 5.37. The molecule has 3 heterocycles. The number of hydrogen-bond donors (Lipinski definition) is 2. The molecule has 0 bridgehead atoms. The number of aromatic nitrogens is 4. The van der Waals surface area contributed by atoms with Gasteiger partial charge in [-0.25, -0.2) is 19.7 Å². The highest BCUT2D eigenvalue weighted by Gasteiger charge is 2.23. The van der Waals surface area contributed by atoms with Gasteiger partial charge in [0.1, 0.15) is 11.9 Å². The van der Waals surface area contributed by atoms with Crippen LogP contribution in [0.2, 0.25) is 0 Å². The topological polar surface area (TPSA) is 91.2 Å². The maximum atomic E-state index is 11.9. The van der Waals surface area contributed by atoms with Gasteiger partial charge in [-0.2, -0.15) is 12.6 Å². The lowest BCUT2D eigenvalue weighted by Gasteiger charge is -2.19. The Kier molecular flexibility index (Phi) is 4.46. The van der Waals surface area contributed by atoms with E-state index in [4.69, 9.17) is 9.47 Å². The van der Waals surface area contributed by atoms with Gasteiger partial charge in [-0.3, -0.25) is 9.88 Å². The lowest BCUT2D eigenvalue weighted by atomic mass is 10.2. The number of nitrogens with zero attached hydrogens (tertiary/aromatic N) is 4. The molecule has 2 atom stereocenters. The molecule has 1 unspecified atom stereocenters. The van der Waals surface area contributed by atoms with Gasteiger partial charge in [0, 0.05) is 5.75 Å². The summed E-state index contributed by atoms with van der Waals surface area (Å²) in [6.07, 6.45) is 5.89. The number of carbonyl (C=O) groups excluding carboxylic acids is 1. The number of fused-ring (bicyclic) bond motifs is 1. The van der Waals surface area contributed by atoms with Gasteiger partial charge in [-0.05, 0) is 26.8 Å². The molecular formula is C15H19N5O3S. The van der Waals surface area contributed by atoms with Crippen LogP contribution in [0.1, 0.15) is 27.0 Å². The fourth-order valence-corrected chi connectivity index (χ4v) is 2.49. The Hall–Kier alpha value is -2.13. The van der Waals surface area contributed by atoms with Crippen molar-refractivity contribution in [1.82, 2.24) is 19.5 Å². The van der Waals surface area contributed by atoms with Gasteiger partial charge in [0.05, 0.1) is 12.4 Å². The molecule has 3 rings (SSSR count).